The Labute approximate surface area is 134 Å². The van der Waals surface area contributed by atoms with E-state index in [1.807, 2.05) is 43.3 Å². The van der Waals surface area contributed by atoms with Gasteiger partial charge in [-0.25, -0.2) is 0 Å². The van der Waals surface area contributed by atoms with Crippen molar-refractivity contribution in [2.45, 2.75) is 13.3 Å². The molecule has 5 heteroatoms. The fourth-order valence-electron chi connectivity index (χ4n) is 2.35. The summed E-state index contributed by atoms with van der Waals surface area (Å²) in [5.74, 6) is 0.686. The molecule has 0 saturated carbocycles. The number of carbonyl (C=O) groups excluding carboxylic acids is 1. The summed E-state index contributed by atoms with van der Waals surface area (Å²) in [6.45, 7) is 1.95. The van der Waals surface area contributed by atoms with Crippen LogP contribution in [0.4, 0.5) is 5.69 Å². The second-order valence-corrected chi connectivity index (χ2v) is 5.52. The molecule has 0 N–H and O–H groups in total. The van der Waals surface area contributed by atoms with E-state index in [1.54, 1.807) is 13.2 Å². The largest absolute Gasteiger partial charge is 0.497 e. The first-order valence-electron chi connectivity index (χ1n) is 6.89. The first-order valence-corrected chi connectivity index (χ1v) is 7.27. The van der Waals surface area contributed by atoms with Gasteiger partial charge in [0, 0.05) is 0 Å². The molecule has 1 amide bonds. The van der Waals surface area contributed by atoms with E-state index in [9.17, 15) is 4.79 Å². The molecule has 0 atom stereocenters. The Bertz CT molecular complexity index is 754. The average molecular weight is 315 g/mol. The van der Waals surface area contributed by atoms with E-state index in [4.69, 9.17) is 16.3 Å². The minimum Gasteiger partial charge on any atom is -0.497 e. The zero-order valence-electron chi connectivity index (χ0n) is 12.3. The normalized spacial score (nSPS) is 14.2. The van der Waals surface area contributed by atoms with Crippen molar-refractivity contribution in [1.82, 2.24) is 0 Å². The summed E-state index contributed by atoms with van der Waals surface area (Å²) >= 11 is 6.20. The van der Waals surface area contributed by atoms with Crippen molar-refractivity contribution in [3.05, 3.63) is 58.6 Å². The topological polar surface area (TPSA) is 41.9 Å². The van der Waals surface area contributed by atoms with Crippen LogP contribution < -0.4 is 9.75 Å². The maximum absolute atomic E-state index is 12.3. The highest BCUT2D eigenvalue weighted by Crippen LogP contribution is 2.31. The molecule has 0 aromatic heterocycles. The number of methoxy groups -OCH3 is 1. The Morgan fingerprint density at radius 2 is 1.91 bits per heavy atom. The van der Waals surface area contributed by atoms with Crippen molar-refractivity contribution >= 4 is 28.9 Å². The molecule has 2 aromatic rings. The fraction of sp³-hybridized carbons (Fsp3) is 0.176. The minimum atomic E-state index is -0.0849. The predicted octanol–water partition coefficient (Wildman–Crippen LogP) is 3.80. The van der Waals surface area contributed by atoms with Gasteiger partial charge < -0.3 is 4.74 Å². The van der Waals surface area contributed by atoms with Crippen LogP contribution in [0.25, 0.3) is 0 Å². The van der Waals surface area contributed by atoms with Crippen LogP contribution in [-0.2, 0) is 4.79 Å². The van der Waals surface area contributed by atoms with Crippen LogP contribution in [-0.4, -0.2) is 18.7 Å². The number of aryl methyl sites for hydroxylation is 1. The van der Waals surface area contributed by atoms with Gasteiger partial charge in [0.1, 0.15) is 5.75 Å². The van der Waals surface area contributed by atoms with Gasteiger partial charge >= 0.3 is 0 Å². The molecule has 0 unspecified atom stereocenters. The van der Waals surface area contributed by atoms with E-state index in [0.29, 0.717) is 10.7 Å². The number of hydrazone groups is 1. The molecule has 1 aliphatic rings. The number of halogens is 1. The maximum Gasteiger partial charge on any atom is 0.253 e. The maximum atomic E-state index is 12.3. The lowest BCUT2D eigenvalue weighted by molar-refractivity contribution is -0.116. The average Bonchev–Trinajstić information content (AvgIpc) is 2.91. The number of rotatable bonds is 3. The SMILES string of the molecule is COc1ccc(C2=NN(c3cc(C)ccc3Cl)C(=O)C2)cc1. The van der Waals surface area contributed by atoms with Crippen molar-refractivity contribution in [2.75, 3.05) is 12.1 Å². The molecule has 0 fully saturated rings. The lowest BCUT2D eigenvalue weighted by Crippen LogP contribution is -2.19. The van der Waals surface area contributed by atoms with Crippen LogP contribution >= 0.6 is 11.6 Å². The number of nitrogens with zero attached hydrogens (tertiary/aromatic N) is 2. The van der Waals surface area contributed by atoms with Gasteiger partial charge in [-0.05, 0) is 54.4 Å². The molecule has 112 valence electrons. The number of amides is 1. The Hall–Kier alpha value is -2.33. The molecule has 0 spiro atoms. The molecule has 3 rings (SSSR count). The van der Waals surface area contributed by atoms with Crippen LogP contribution in [0.15, 0.2) is 47.6 Å². The molecule has 0 radical (unpaired) electrons. The summed E-state index contributed by atoms with van der Waals surface area (Å²) < 4.78 is 5.14. The standard InChI is InChI=1S/C17H15ClN2O2/c1-11-3-8-14(18)16(9-11)20-17(21)10-15(19-20)12-4-6-13(22-2)7-5-12/h3-9H,10H2,1-2H3. The lowest BCUT2D eigenvalue weighted by Gasteiger charge is -2.13. The molecule has 0 aliphatic carbocycles. The van der Waals surface area contributed by atoms with Gasteiger partial charge in [0.15, 0.2) is 0 Å². The first kappa shape index (κ1) is 14.6. The second kappa shape index (κ2) is 5.81. The second-order valence-electron chi connectivity index (χ2n) is 5.11. The third-order valence-corrected chi connectivity index (χ3v) is 3.85. The molecular weight excluding hydrogens is 300 g/mol. The number of hydrogen-bond acceptors (Lipinski definition) is 3. The Balaban J connectivity index is 1.95. The van der Waals surface area contributed by atoms with Crippen molar-refractivity contribution in [3.8, 4) is 5.75 Å². The third-order valence-electron chi connectivity index (χ3n) is 3.53. The van der Waals surface area contributed by atoms with E-state index in [0.717, 1.165) is 22.6 Å². The zero-order chi connectivity index (χ0) is 15.7. The van der Waals surface area contributed by atoms with Gasteiger partial charge in [0.05, 0.1) is 30.0 Å². The van der Waals surface area contributed by atoms with Gasteiger partial charge in [0.2, 0.25) is 0 Å². The van der Waals surface area contributed by atoms with Crippen molar-refractivity contribution in [3.63, 3.8) is 0 Å². The Morgan fingerprint density at radius 3 is 2.59 bits per heavy atom. The van der Waals surface area contributed by atoms with E-state index in [2.05, 4.69) is 5.10 Å². The predicted molar refractivity (Wildman–Crippen MR) is 87.8 cm³/mol. The number of hydrogen-bond donors (Lipinski definition) is 0. The number of ether oxygens (including phenoxy) is 1. The smallest absolute Gasteiger partial charge is 0.253 e. The van der Waals surface area contributed by atoms with E-state index < -0.39 is 0 Å². The Morgan fingerprint density at radius 1 is 1.18 bits per heavy atom. The number of benzene rings is 2. The first-order chi connectivity index (χ1) is 10.6. The van der Waals surface area contributed by atoms with Crippen LogP contribution in [0.2, 0.25) is 5.02 Å². The summed E-state index contributed by atoms with van der Waals surface area (Å²) in [7, 11) is 1.62. The van der Waals surface area contributed by atoms with Gasteiger partial charge in [-0.1, -0.05) is 17.7 Å². The highest BCUT2D eigenvalue weighted by molar-refractivity contribution is 6.34. The molecule has 2 aromatic carbocycles. The van der Waals surface area contributed by atoms with E-state index in [1.165, 1.54) is 5.01 Å². The van der Waals surface area contributed by atoms with Gasteiger partial charge in [0.25, 0.3) is 5.91 Å². The number of anilines is 1. The van der Waals surface area contributed by atoms with E-state index in [-0.39, 0.29) is 12.3 Å². The molecule has 1 aliphatic heterocycles. The van der Waals surface area contributed by atoms with Crippen LogP contribution in [0.5, 0.6) is 5.75 Å². The van der Waals surface area contributed by atoms with Crippen LogP contribution in [0.3, 0.4) is 0 Å². The van der Waals surface area contributed by atoms with Crippen LogP contribution in [0.1, 0.15) is 17.5 Å². The van der Waals surface area contributed by atoms with Crippen molar-refractivity contribution in [1.29, 1.82) is 0 Å². The quantitative estimate of drug-likeness (QED) is 0.864. The molecule has 22 heavy (non-hydrogen) atoms. The Kier molecular flexibility index (Phi) is 3.86. The summed E-state index contributed by atoms with van der Waals surface area (Å²) in [5, 5.41) is 6.34. The fourth-order valence-corrected chi connectivity index (χ4v) is 2.54. The summed E-state index contributed by atoms with van der Waals surface area (Å²) in [5.41, 5.74) is 3.28. The summed E-state index contributed by atoms with van der Waals surface area (Å²) in [6, 6.07) is 13.0. The van der Waals surface area contributed by atoms with Crippen LogP contribution in [0, 0.1) is 6.92 Å². The summed E-state index contributed by atoms with van der Waals surface area (Å²) in [4.78, 5) is 12.3. The monoisotopic (exact) mass is 314 g/mol. The molecule has 1 heterocycles. The van der Waals surface area contributed by atoms with Gasteiger partial charge in [-0.2, -0.15) is 10.1 Å². The van der Waals surface area contributed by atoms with E-state index >= 15 is 0 Å². The minimum absolute atomic E-state index is 0.0849. The van der Waals surface area contributed by atoms with Gasteiger partial charge in [-0.3, -0.25) is 4.79 Å². The van der Waals surface area contributed by atoms with Crippen molar-refractivity contribution < 1.29 is 9.53 Å². The highest BCUT2D eigenvalue weighted by atomic mass is 35.5. The van der Waals surface area contributed by atoms with Crippen molar-refractivity contribution in [2.24, 2.45) is 5.10 Å². The zero-order valence-corrected chi connectivity index (χ0v) is 13.1. The highest BCUT2D eigenvalue weighted by Gasteiger charge is 2.27. The lowest BCUT2D eigenvalue weighted by atomic mass is 10.1. The molecular formula is C17H15ClN2O2. The third kappa shape index (κ3) is 2.70. The molecule has 0 saturated heterocycles. The number of carbonyl (C=O) groups is 1. The molecule has 4 nitrogen and oxygen atoms in total. The molecule has 0 bridgehead atoms. The van der Waals surface area contributed by atoms with Gasteiger partial charge in [-0.15, -0.1) is 0 Å². The summed E-state index contributed by atoms with van der Waals surface area (Å²) in [6.07, 6.45) is 0.261.